The summed E-state index contributed by atoms with van der Waals surface area (Å²) in [5, 5.41) is 9.46. The highest BCUT2D eigenvalue weighted by molar-refractivity contribution is 7.92. The van der Waals surface area contributed by atoms with Gasteiger partial charge in [-0.15, -0.1) is 0 Å². The maximum absolute atomic E-state index is 13.7. The normalized spacial score (nSPS) is 11.3. The predicted molar refractivity (Wildman–Crippen MR) is 75.3 cm³/mol. The van der Waals surface area contributed by atoms with E-state index in [1.54, 1.807) is 0 Å². The van der Waals surface area contributed by atoms with Crippen LogP contribution in [0.2, 0.25) is 10.0 Å². The monoisotopic (exact) mass is 335 g/mol. The summed E-state index contributed by atoms with van der Waals surface area (Å²) in [7, 11) is -4.23. The average Bonchev–Trinajstić information content (AvgIpc) is 2.36. The number of phenolic OH excluding ortho intramolecular Hbond substituents is 1. The zero-order valence-corrected chi connectivity index (χ0v) is 12.1. The molecule has 4 nitrogen and oxygen atoms in total. The highest BCUT2D eigenvalue weighted by atomic mass is 35.5. The zero-order chi connectivity index (χ0) is 14.9. The molecule has 2 aromatic rings. The topological polar surface area (TPSA) is 66.4 Å². The summed E-state index contributed by atoms with van der Waals surface area (Å²) in [5.74, 6) is -1.40. The lowest BCUT2D eigenvalue weighted by atomic mass is 10.3. The van der Waals surface area contributed by atoms with Gasteiger partial charge < -0.3 is 5.11 Å². The van der Waals surface area contributed by atoms with Crippen molar-refractivity contribution in [1.29, 1.82) is 0 Å². The lowest BCUT2D eigenvalue weighted by Crippen LogP contribution is -2.14. The highest BCUT2D eigenvalue weighted by Gasteiger charge is 2.22. The molecule has 0 aliphatic carbocycles. The van der Waals surface area contributed by atoms with Gasteiger partial charge in [0.15, 0.2) is 5.82 Å². The number of aromatic hydroxyl groups is 1. The molecule has 0 radical (unpaired) electrons. The maximum Gasteiger partial charge on any atom is 0.264 e. The zero-order valence-electron chi connectivity index (χ0n) is 9.77. The average molecular weight is 336 g/mol. The lowest BCUT2D eigenvalue weighted by Gasteiger charge is -2.11. The molecule has 0 saturated heterocycles. The van der Waals surface area contributed by atoms with Crippen LogP contribution in [-0.2, 0) is 10.0 Å². The van der Waals surface area contributed by atoms with Crippen molar-refractivity contribution in [2.45, 2.75) is 4.90 Å². The smallest absolute Gasteiger partial charge is 0.264 e. The van der Waals surface area contributed by atoms with E-state index in [1.807, 2.05) is 0 Å². The van der Waals surface area contributed by atoms with E-state index in [4.69, 9.17) is 23.2 Å². The summed E-state index contributed by atoms with van der Waals surface area (Å²) in [5.41, 5.74) is -0.156. The first-order valence-electron chi connectivity index (χ1n) is 5.26. The van der Waals surface area contributed by atoms with Crippen molar-refractivity contribution in [3.8, 4) is 5.75 Å². The Kier molecular flexibility index (Phi) is 4.08. The Morgan fingerprint density at radius 2 is 1.85 bits per heavy atom. The van der Waals surface area contributed by atoms with Crippen LogP contribution in [0.4, 0.5) is 10.1 Å². The van der Waals surface area contributed by atoms with Crippen LogP contribution in [-0.4, -0.2) is 13.5 Å². The second-order valence-corrected chi connectivity index (χ2v) is 6.31. The Hall–Kier alpha value is -1.50. The van der Waals surface area contributed by atoms with E-state index < -0.39 is 20.7 Å². The van der Waals surface area contributed by atoms with Crippen molar-refractivity contribution in [1.82, 2.24) is 0 Å². The lowest BCUT2D eigenvalue weighted by molar-refractivity contribution is 0.477. The summed E-state index contributed by atoms with van der Waals surface area (Å²) >= 11 is 11.2. The van der Waals surface area contributed by atoms with Crippen LogP contribution in [0.1, 0.15) is 0 Å². The Labute approximate surface area is 124 Å². The molecule has 0 aliphatic rings. The number of sulfonamides is 1. The molecule has 2 N–H and O–H groups in total. The predicted octanol–water partition coefficient (Wildman–Crippen LogP) is 3.64. The SMILES string of the molecule is O=S(=O)(Nc1cc(Cl)ccc1O)c1cccc(Cl)c1F. The molecule has 0 aliphatic heterocycles. The molecule has 0 aromatic heterocycles. The quantitative estimate of drug-likeness (QED) is 0.841. The number of nitrogens with one attached hydrogen (secondary N) is 1. The standard InChI is InChI=1S/C12H8Cl2FNO3S/c13-7-4-5-10(17)9(6-7)16-20(18,19)11-3-1-2-8(14)12(11)15/h1-6,16-17H. The fraction of sp³-hybridized carbons (Fsp3) is 0. The minimum atomic E-state index is -4.23. The molecule has 0 amide bonds. The van der Waals surface area contributed by atoms with Crippen molar-refractivity contribution in [2.75, 3.05) is 4.72 Å². The molecule has 20 heavy (non-hydrogen) atoms. The Balaban J connectivity index is 2.46. The number of hydrogen-bond acceptors (Lipinski definition) is 3. The molecule has 0 spiro atoms. The van der Waals surface area contributed by atoms with Crippen LogP contribution in [0.3, 0.4) is 0 Å². The van der Waals surface area contributed by atoms with E-state index in [0.29, 0.717) is 0 Å². The van der Waals surface area contributed by atoms with Crippen LogP contribution < -0.4 is 4.72 Å². The van der Waals surface area contributed by atoms with Crippen LogP contribution in [0.15, 0.2) is 41.3 Å². The molecule has 0 saturated carbocycles. The first kappa shape index (κ1) is 14.9. The van der Waals surface area contributed by atoms with Crippen molar-refractivity contribution in [3.05, 3.63) is 52.3 Å². The van der Waals surface area contributed by atoms with Crippen LogP contribution in [0.25, 0.3) is 0 Å². The van der Waals surface area contributed by atoms with Gasteiger partial charge in [-0.3, -0.25) is 4.72 Å². The third-order valence-corrected chi connectivity index (χ3v) is 4.32. The van der Waals surface area contributed by atoms with Gasteiger partial charge in [-0.25, -0.2) is 12.8 Å². The van der Waals surface area contributed by atoms with Gasteiger partial charge in [0.2, 0.25) is 0 Å². The molecule has 2 rings (SSSR count). The van der Waals surface area contributed by atoms with Crippen molar-refractivity contribution < 1.29 is 17.9 Å². The van der Waals surface area contributed by atoms with Crippen molar-refractivity contribution in [3.63, 3.8) is 0 Å². The molecule has 106 valence electrons. The first-order chi connectivity index (χ1) is 9.31. The second-order valence-electron chi connectivity index (χ2n) is 3.82. The number of benzene rings is 2. The van der Waals surface area contributed by atoms with Crippen LogP contribution in [0, 0.1) is 5.82 Å². The Bertz CT molecular complexity index is 765. The largest absolute Gasteiger partial charge is 0.506 e. The summed E-state index contributed by atoms with van der Waals surface area (Å²) in [6.45, 7) is 0. The molecule has 0 unspecified atom stereocenters. The van der Waals surface area contributed by atoms with E-state index in [2.05, 4.69) is 4.72 Å². The molecule has 0 atom stereocenters. The summed E-state index contributed by atoms with van der Waals surface area (Å²) in [6, 6.07) is 7.40. The van der Waals surface area contributed by atoms with Crippen LogP contribution in [0.5, 0.6) is 5.75 Å². The van der Waals surface area contributed by atoms with Crippen molar-refractivity contribution in [2.24, 2.45) is 0 Å². The van der Waals surface area contributed by atoms with Gasteiger partial charge in [0.05, 0.1) is 10.7 Å². The van der Waals surface area contributed by atoms with Gasteiger partial charge in [-0.2, -0.15) is 0 Å². The number of phenols is 1. The summed E-state index contributed by atoms with van der Waals surface area (Å²) in [4.78, 5) is -0.621. The molecule has 0 bridgehead atoms. The van der Waals surface area contributed by atoms with Gasteiger partial charge in [-0.05, 0) is 30.3 Å². The summed E-state index contributed by atoms with van der Waals surface area (Å²) in [6.07, 6.45) is 0. The highest BCUT2D eigenvalue weighted by Crippen LogP contribution is 2.30. The van der Waals surface area contributed by atoms with E-state index in [0.717, 1.165) is 6.07 Å². The molecule has 8 heteroatoms. The van der Waals surface area contributed by atoms with Gasteiger partial charge in [0, 0.05) is 5.02 Å². The molecular formula is C12H8Cl2FNO3S. The summed E-state index contributed by atoms with van der Waals surface area (Å²) < 4.78 is 39.9. The molecule has 0 heterocycles. The molecule has 0 fully saturated rings. The van der Waals surface area contributed by atoms with E-state index in [1.165, 1.54) is 30.3 Å². The molecular weight excluding hydrogens is 328 g/mol. The van der Waals surface area contributed by atoms with Gasteiger partial charge in [0.1, 0.15) is 10.6 Å². The number of rotatable bonds is 3. The van der Waals surface area contributed by atoms with E-state index in [-0.39, 0.29) is 21.5 Å². The fourth-order valence-electron chi connectivity index (χ4n) is 1.48. The van der Waals surface area contributed by atoms with Gasteiger partial charge >= 0.3 is 0 Å². The number of hydrogen-bond donors (Lipinski definition) is 2. The second kappa shape index (κ2) is 5.47. The minimum absolute atomic E-state index is 0.156. The van der Waals surface area contributed by atoms with Crippen molar-refractivity contribution >= 4 is 38.9 Å². The van der Waals surface area contributed by atoms with Gasteiger partial charge in [0.25, 0.3) is 10.0 Å². The Morgan fingerprint density at radius 3 is 2.55 bits per heavy atom. The molecule has 2 aromatic carbocycles. The number of halogens is 3. The number of anilines is 1. The van der Waals surface area contributed by atoms with Crippen LogP contribution >= 0.6 is 23.2 Å². The third-order valence-electron chi connectivity index (χ3n) is 2.41. The van der Waals surface area contributed by atoms with E-state index in [9.17, 15) is 17.9 Å². The maximum atomic E-state index is 13.7. The third kappa shape index (κ3) is 2.98. The first-order valence-corrected chi connectivity index (χ1v) is 7.50. The Morgan fingerprint density at radius 1 is 1.15 bits per heavy atom. The minimum Gasteiger partial charge on any atom is -0.506 e. The van der Waals surface area contributed by atoms with E-state index >= 15 is 0 Å². The van der Waals surface area contributed by atoms with Gasteiger partial charge in [-0.1, -0.05) is 29.3 Å². The fourth-order valence-corrected chi connectivity index (χ4v) is 3.05.